The zero-order chi connectivity index (χ0) is 12.7. The monoisotopic (exact) mass is 244 g/mol. The molecule has 0 spiro atoms. The third kappa shape index (κ3) is 1.48. The molecule has 3 rings (SSSR count). The predicted molar refractivity (Wildman–Crippen MR) is 64.7 cm³/mol. The van der Waals surface area contributed by atoms with E-state index in [1.165, 1.54) is 17.4 Å². The fraction of sp³-hybridized carbons (Fsp3) is 0.231. The molecule has 2 atom stereocenters. The summed E-state index contributed by atoms with van der Waals surface area (Å²) >= 11 is 0. The van der Waals surface area contributed by atoms with Crippen molar-refractivity contribution in [2.75, 3.05) is 5.32 Å². The minimum Gasteiger partial charge on any atom is -0.494 e. The summed E-state index contributed by atoms with van der Waals surface area (Å²) in [5.41, 5.74) is 1.04. The average Bonchev–Trinajstić information content (AvgIpc) is 2.47. The third-order valence-electron chi connectivity index (χ3n) is 3.18. The zero-order valence-electron chi connectivity index (χ0n) is 9.79. The number of nitrogens with zero attached hydrogens (tertiary/aromatic N) is 1. The van der Waals surface area contributed by atoms with E-state index in [0.717, 1.165) is 0 Å². The first-order chi connectivity index (χ1) is 8.68. The molecule has 5 heteroatoms. The predicted octanol–water partition coefficient (Wildman–Crippen LogP) is 1.34. The fourth-order valence-electron chi connectivity index (χ4n) is 2.28. The molecule has 0 aliphatic carbocycles. The molecule has 2 amide bonds. The molecule has 5 nitrogen and oxygen atoms in total. The maximum absolute atomic E-state index is 12.4. The largest absolute Gasteiger partial charge is 0.494 e. The molecule has 0 aromatic heterocycles. The van der Waals surface area contributed by atoms with Crippen LogP contribution in [0.3, 0.4) is 0 Å². The number of carbonyl (C=O) groups is 2. The number of nitrogens with one attached hydrogen (secondary N) is 1. The highest BCUT2D eigenvalue weighted by atomic mass is 16.5. The Morgan fingerprint density at radius 2 is 2.06 bits per heavy atom. The highest BCUT2D eigenvalue weighted by Gasteiger charge is 2.40. The molecule has 0 saturated heterocycles. The number of hydrogen-bond donors (Lipinski definition) is 1. The normalized spacial score (nSPS) is 25.7. The minimum atomic E-state index is -0.630. The van der Waals surface area contributed by atoms with Gasteiger partial charge < -0.3 is 10.1 Å². The minimum absolute atomic E-state index is 0.194. The van der Waals surface area contributed by atoms with E-state index in [0.29, 0.717) is 11.3 Å². The summed E-state index contributed by atoms with van der Waals surface area (Å²) < 4.78 is 5.29. The van der Waals surface area contributed by atoms with Crippen LogP contribution in [0, 0.1) is 0 Å². The smallest absolute Gasteiger partial charge is 0.260 e. The van der Waals surface area contributed by atoms with E-state index in [1.54, 1.807) is 31.2 Å². The first-order valence-corrected chi connectivity index (χ1v) is 5.73. The van der Waals surface area contributed by atoms with Gasteiger partial charge in [0.2, 0.25) is 0 Å². The van der Waals surface area contributed by atoms with Crippen LogP contribution in [-0.4, -0.2) is 28.9 Å². The summed E-state index contributed by atoms with van der Waals surface area (Å²) in [6, 6.07) is 6.35. The standard InChI is InChI=1S/C13H12N2O3/c1-8-11-12(16)14-10-5-3-2-4-9(10)13(17)15(11)6-7-18-8/h2-8,11H,1H3,(H,14,16)/t8-,11+/m1/s1. The van der Waals surface area contributed by atoms with Gasteiger partial charge in [-0.15, -0.1) is 0 Å². The molecule has 2 aliphatic rings. The number of rotatable bonds is 0. The van der Waals surface area contributed by atoms with Crippen LogP contribution in [0.1, 0.15) is 17.3 Å². The number of para-hydroxylation sites is 1. The van der Waals surface area contributed by atoms with Crippen LogP contribution >= 0.6 is 0 Å². The number of carbonyl (C=O) groups excluding carboxylic acids is 2. The van der Waals surface area contributed by atoms with Gasteiger partial charge in [-0.3, -0.25) is 14.5 Å². The van der Waals surface area contributed by atoms with Crippen LogP contribution in [0.15, 0.2) is 36.7 Å². The Morgan fingerprint density at radius 3 is 2.89 bits per heavy atom. The van der Waals surface area contributed by atoms with Crippen molar-refractivity contribution in [2.45, 2.75) is 19.1 Å². The van der Waals surface area contributed by atoms with Gasteiger partial charge in [-0.1, -0.05) is 12.1 Å². The van der Waals surface area contributed by atoms with Gasteiger partial charge in [0.15, 0.2) is 6.04 Å². The lowest BCUT2D eigenvalue weighted by Gasteiger charge is -2.32. The maximum Gasteiger partial charge on any atom is 0.260 e. The molecule has 0 saturated carbocycles. The lowest BCUT2D eigenvalue weighted by atomic mass is 10.1. The number of amides is 2. The van der Waals surface area contributed by atoms with E-state index in [-0.39, 0.29) is 17.9 Å². The SMILES string of the molecule is C[C@H]1OC=CN2C(=O)c3ccccc3NC(=O)[C@H]12. The number of anilines is 1. The summed E-state index contributed by atoms with van der Waals surface area (Å²) in [5, 5.41) is 2.77. The van der Waals surface area contributed by atoms with Gasteiger partial charge in [-0.25, -0.2) is 0 Å². The lowest BCUT2D eigenvalue weighted by molar-refractivity contribution is -0.123. The number of fused-ring (bicyclic) bond motifs is 2. The second-order valence-corrected chi connectivity index (χ2v) is 4.32. The average molecular weight is 244 g/mol. The van der Waals surface area contributed by atoms with Gasteiger partial charge in [0.05, 0.1) is 17.5 Å². The highest BCUT2D eigenvalue weighted by molar-refractivity contribution is 6.10. The second kappa shape index (κ2) is 3.87. The molecule has 1 N–H and O–H groups in total. The van der Waals surface area contributed by atoms with Crippen LogP contribution < -0.4 is 5.32 Å². The second-order valence-electron chi connectivity index (χ2n) is 4.32. The number of hydrogen-bond acceptors (Lipinski definition) is 3. The van der Waals surface area contributed by atoms with E-state index < -0.39 is 6.04 Å². The molecule has 1 aromatic carbocycles. The summed E-state index contributed by atoms with van der Waals surface area (Å²) in [6.45, 7) is 1.77. The van der Waals surface area contributed by atoms with Crippen molar-refractivity contribution in [3.8, 4) is 0 Å². The van der Waals surface area contributed by atoms with Crippen molar-refractivity contribution in [1.82, 2.24) is 4.90 Å². The Labute approximate surface area is 104 Å². The molecular formula is C13H12N2O3. The Bertz CT molecular complexity index is 553. The van der Waals surface area contributed by atoms with Gasteiger partial charge in [-0.2, -0.15) is 0 Å². The van der Waals surface area contributed by atoms with Gasteiger partial charge in [0.25, 0.3) is 11.8 Å². The number of ether oxygens (including phenoxy) is 1. The Kier molecular flexibility index (Phi) is 2.33. The van der Waals surface area contributed by atoms with Crippen LogP contribution in [0.2, 0.25) is 0 Å². The first-order valence-electron chi connectivity index (χ1n) is 5.73. The molecule has 0 bridgehead atoms. The van der Waals surface area contributed by atoms with Crippen molar-refractivity contribution >= 4 is 17.5 Å². The van der Waals surface area contributed by atoms with Crippen molar-refractivity contribution in [3.63, 3.8) is 0 Å². The molecule has 0 unspecified atom stereocenters. The fourth-order valence-corrected chi connectivity index (χ4v) is 2.28. The van der Waals surface area contributed by atoms with Crippen molar-refractivity contribution in [2.24, 2.45) is 0 Å². The van der Waals surface area contributed by atoms with E-state index in [2.05, 4.69) is 5.32 Å². The lowest BCUT2D eigenvalue weighted by Crippen LogP contribution is -2.50. The van der Waals surface area contributed by atoms with Crippen LogP contribution in [0.4, 0.5) is 5.69 Å². The highest BCUT2D eigenvalue weighted by Crippen LogP contribution is 2.27. The molecule has 0 fully saturated rings. The van der Waals surface area contributed by atoms with Crippen LogP contribution in [0.25, 0.3) is 0 Å². The number of benzene rings is 1. The molecule has 0 radical (unpaired) electrons. The quantitative estimate of drug-likeness (QED) is 0.749. The Balaban J connectivity index is 2.13. The molecular weight excluding hydrogens is 232 g/mol. The van der Waals surface area contributed by atoms with E-state index in [1.807, 2.05) is 0 Å². The van der Waals surface area contributed by atoms with Gasteiger partial charge in [-0.05, 0) is 19.1 Å². The molecule has 2 heterocycles. The van der Waals surface area contributed by atoms with Crippen molar-refractivity contribution < 1.29 is 14.3 Å². The van der Waals surface area contributed by atoms with E-state index in [9.17, 15) is 9.59 Å². The topological polar surface area (TPSA) is 58.6 Å². The maximum atomic E-state index is 12.4. The Hall–Kier alpha value is -2.30. The molecule has 18 heavy (non-hydrogen) atoms. The Morgan fingerprint density at radius 1 is 1.28 bits per heavy atom. The van der Waals surface area contributed by atoms with Gasteiger partial charge >= 0.3 is 0 Å². The van der Waals surface area contributed by atoms with Gasteiger partial charge in [0, 0.05) is 6.20 Å². The molecule has 1 aromatic rings. The zero-order valence-corrected chi connectivity index (χ0v) is 9.79. The molecule has 2 aliphatic heterocycles. The van der Waals surface area contributed by atoms with Crippen LogP contribution in [-0.2, 0) is 9.53 Å². The first kappa shape index (κ1) is 10.8. The van der Waals surface area contributed by atoms with E-state index in [4.69, 9.17) is 4.74 Å². The third-order valence-corrected chi connectivity index (χ3v) is 3.18. The van der Waals surface area contributed by atoms with E-state index >= 15 is 0 Å². The summed E-state index contributed by atoms with van der Waals surface area (Å²) in [7, 11) is 0. The van der Waals surface area contributed by atoms with Crippen molar-refractivity contribution in [3.05, 3.63) is 42.3 Å². The summed E-state index contributed by atoms with van der Waals surface area (Å²) in [4.78, 5) is 26.0. The molecule has 92 valence electrons. The summed E-state index contributed by atoms with van der Waals surface area (Å²) in [5.74, 6) is -0.425. The van der Waals surface area contributed by atoms with Crippen molar-refractivity contribution in [1.29, 1.82) is 0 Å². The van der Waals surface area contributed by atoms with Crippen LogP contribution in [0.5, 0.6) is 0 Å². The van der Waals surface area contributed by atoms with Gasteiger partial charge in [0.1, 0.15) is 6.10 Å². The summed E-state index contributed by atoms with van der Waals surface area (Å²) in [6.07, 6.45) is 2.59.